The molecule has 1 atom stereocenters. The summed E-state index contributed by atoms with van der Waals surface area (Å²) >= 11 is 12.9. The Balaban J connectivity index is 1.52. The molecule has 0 saturated carbocycles. The van der Waals surface area contributed by atoms with E-state index < -0.39 is 18.0 Å². The normalized spacial score (nSPS) is 11.7. The molecule has 1 unspecified atom stereocenters. The van der Waals surface area contributed by atoms with E-state index in [-0.39, 0.29) is 11.0 Å². The smallest absolute Gasteiger partial charge is 0.317 e. The quantitative estimate of drug-likeness (QED) is 0.343. The predicted octanol–water partition coefficient (Wildman–Crippen LogP) is 5.02. The Morgan fingerprint density at radius 3 is 2.59 bits per heavy atom. The van der Waals surface area contributed by atoms with Gasteiger partial charge in [0.2, 0.25) is 5.89 Å². The number of anilines is 1. The number of carbonyl (C=O) groups is 2. The zero-order valence-corrected chi connectivity index (χ0v) is 19.7. The second-order valence-corrected chi connectivity index (χ2v) is 8.36. The van der Waals surface area contributed by atoms with Crippen LogP contribution in [0.25, 0.3) is 11.5 Å². The maximum absolute atomic E-state index is 12.4. The molecule has 1 amide bonds. The minimum absolute atomic E-state index is 0.108. The Labute approximate surface area is 198 Å². The van der Waals surface area contributed by atoms with Crippen molar-refractivity contribution >= 4 is 52.5 Å². The first kappa shape index (κ1) is 23.9. The summed E-state index contributed by atoms with van der Waals surface area (Å²) in [6.07, 6.45) is -1.03. The average Bonchev–Trinajstić information content (AvgIpc) is 3.24. The van der Waals surface area contributed by atoms with E-state index >= 15 is 0 Å². The first-order valence-corrected chi connectivity index (χ1v) is 11.1. The molecule has 3 rings (SSSR count). The largest absolute Gasteiger partial charge is 0.495 e. The van der Waals surface area contributed by atoms with Gasteiger partial charge in [-0.15, -0.1) is 10.2 Å². The van der Waals surface area contributed by atoms with E-state index in [2.05, 4.69) is 15.5 Å². The fourth-order valence-electron chi connectivity index (χ4n) is 2.55. The number of nitrogens with one attached hydrogen (secondary N) is 1. The monoisotopic (exact) mass is 495 g/mol. The van der Waals surface area contributed by atoms with Crippen LogP contribution in [-0.2, 0) is 14.3 Å². The van der Waals surface area contributed by atoms with Crippen LogP contribution in [0.1, 0.15) is 12.5 Å². The number of hydrogen-bond acceptors (Lipinski definition) is 8. The molecule has 0 aliphatic carbocycles. The van der Waals surface area contributed by atoms with Crippen LogP contribution >= 0.6 is 35.0 Å². The molecule has 3 aromatic rings. The Morgan fingerprint density at radius 2 is 1.91 bits per heavy atom. The second kappa shape index (κ2) is 10.7. The zero-order valence-electron chi connectivity index (χ0n) is 17.3. The molecule has 32 heavy (non-hydrogen) atoms. The number of esters is 1. The molecule has 0 radical (unpaired) electrons. The van der Waals surface area contributed by atoms with Crippen molar-refractivity contribution < 1.29 is 23.5 Å². The number of halogens is 2. The fourth-order valence-corrected chi connectivity index (χ4v) is 3.37. The summed E-state index contributed by atoms with van der Waals surface area (Å²) in [7, 11) is 1.47. The maximum atomic E-state index is 12.4. The van der Waals surface area contributed by atoms with E-state index in [4.69, 9.17) is 37.1 Å². The summed E-state index contributed by atoms with van der Waals surface area (Å²) in [6.45, 7) is 3.27. The number of nitrogens with zero attached hydrogens (tertiary/aromatic N) is 2. The Bertz CT molecular complexity index is 1120. The van der Waals surface area contributed by atoms with Crippen LogP contribution in [0.5, 0.6) is 5.75 Å². The summed E-state index contributed by atoms with van der Waals surface area (Å²) in [5, 5.41) is 11.8. The van der Waals surface area contributed by atoms with Crippen LogP contribution in [0.4, 0.5) is 5.69 Å². The van der Waals surface area contributed by atoms with Gasteiger partial charge in [-0.05, 0) is 49.7 Å². The molecule has 0 aliphatic rings. The molecule has 2 aromatic carbocycles. The number of hydrogen-bond donors (Lipinski definition) is 1. The molecule has 0 saturated heterocycles. The summed E-state index contributed by atoms with van der Waals surface area (Å²) in [5.41, 5.74) is 1.90. The molecular weight excluding hydrogens is 477 g/mol. The van der Waals surface area contributed by atoms with E-state index in [0.29, 0.717) is 32.9 Å². The highest BCUT2D eigenvalue weighted by molar-refractivity contribution is 7.99. The zero-order chi connectivity index (χ0) is 23.3. The van der Waals surface area contributed by atoms with Gasteiger partial charge in [0.25, 0.3) is 11.1 Å². The predicted molar refractivity (Wildman–Crippen MR) is 122 cm³/mol. The number of aryl methyl sites for hydroxylation is 1. The number of methoxy groups -OCH3 is 1. The van der Waals surface area contributed by atoms with Crippen molar-refractivity contribution in [3.8, 4) is 17.2 Å². The minimum Gasteiger partial charge on any atom is -0.495 e. The average molecular weight is 496 g/mol. The molecule has 8 nitrogen and oxygen atoms in total. The molecule has 1 heterocycles. The Hall–Kier alpha value is -2.75. The van der Waals surface area contributed by atoms with E-state index in [0.717, 1.165) is 17.3 Å². The first-order chi connectivity index (χ1) is 15.3. The van der Waals surface area contributed by atoms with Crippen molar-refractivity contribution in [3.05, 3.63) is 52.0 Å². The van der Waals surface area contributed by atoms with E-state index in [1.54, 1.807) is 43.3 Å². The number of benzene rings is 2. The van der Waals surface area contributed by atoms with Gasteiger partial charge in [-0.25, -0.2) is 0 Å². The maximum Gasteiger partial charge on any atom is 0.317 e. The minimum atomic E-state index is -1.03. The molecular formula is C21H19Cl2N3O5S. The highest BCUT2D eigenvalue weighted by Gasteiger charge is 2.21. The molecule has 1 N–H and O–H groups in total. The van der Waals surface area contributed by atoms with E-state index in [1.807, 2.05) is 0 Å². The highest BCUT2D eigenvalue weighted by atomic mass is 35.5. The number of thioether (sulfide) groups is 1. The SMILES string of the molecule is COc1cc(Cl)c(C)cc1NC(=O)C(C)OC(=O)CSc1nnc(-c2ccc(Cl)cc2)o1. The third kappa shape index (κ3) is 6.15. The number of amides is 1. The van der Waals surface area contributed by atoms with Crippen molar-refractivity contribution in [1.29, 1.82) is 0 Å². The number of carbonyl (C=O) groups excluding carboxylic acids is 2. The van der Waals surface area contributed by atoms with Gasteiger partial charge in [-0.1, -0.05) is 35.0 Å². The van der Waals surface area contributed by atoms with Crippen molar-refractivity contribution in [2.24, 2.45) is 0 Å². The summed E-state index contributed by atoms with van der Waals surface area (Å²) in [6, 6.07) is 10.2. The summed E-state index contributed by atoms with van der Waals surface area (Å²) in [4.78, 5) is 24.6. The van der Waals surface area contributed by atoms with Gasteiger partial charge >= 0.3 is 5.97 Å². The van der Waals surface area contributed by atoms with Gasteiger partial charge in [-0.3, -0.25) is 9.59 Å². The van der Waals surface area contributed by atoms with Crippen LogP contribution in [0, 0.1) is 6.92 Å². The molecule has 0 bridgehead atoms. The van der Waals surface area contributed by atoms with Crippen molar-refractivity contribution in [2.75, 3.05) is 18.2 Å². The fraction of sp³-hybridized carbons (Fsp3) is 0.238. The van der Waals surface area contributed by atoms with E-state index in [9.17, 15) is 9.59 Å². The lowest BCUT2D eigenvalue weighted by Crippen LogP contribution is -2.30. The van der Waals surface area contributed by atoms with Gasteiger partial charge in [0.1, 0.15) is 11.5 Å². The molecule has 0 fully saturated rings. The Morgan fingerprint density at radius 1 is 1.19 bits per heavy atom. The lowest BCUT2D eigenvalue weighted by atomic mass is 10.2. The van der Waals surface area contributed by atoms with Crippen LogP contribution in [-0.4, -0.2) is 41.0 Å². The van der Waals surface area contributed by atoms with Gasteiger partial charge < -0.3 is 19.2 Å². The number of ether oxygens (including phenoxy) is 2. The van der Waals surface area contributed by atoms with Crippen molar-refractivity contribution in [2.45, 2.75) is 25.2 Å². The van der Waals surface area contributed by atoms with Gasteiger partial charge in [0, 0.05) is 21.7 Å². The second-order valence-electron chi connectivity index (χ2n) is 6.59. The van der Waals surface area contributed by atoms with Gasteiger partial charge in [0.05, 0.1) is 12.8 Å². The molecule has 168 valence electrons. The van der Waals surface area contributed by atoms with Crippen LogP contribution in [0.2, 0.25) is 10.0 Å². The lowest BCUT2D eigenvalue weighted by molar-refractivity contribution is -0.150. The summed E-state index contributed by atoms with van der Waals surface area (Å²) in [5.74, 6) is -0.522. The molecule has 11 heteroatoms. The number of rotatable bonds is 8. The van der Waals surface area contributed by atoms with E-state index in [1.165, 1.54) is 14.0 Å². The van der Waals surface area contributed by atoms with Crippen molar-refractivity contribution in [3.63, 3.8) is 0 Å². The number of aromatic nitrogens is 2. The van der Waals surface area contributed by atoms with Gasteiger partial charge in [0.15, 0.2) is 6.10 Å². The standard InChI is InChI=1S/C21H19Cl2N3O5S/c1-11-8-16(17(29-3)9-15(11)23)24-19(28)12(2)30-18(27)10-32-21-26-25-20(31-21)13-4-6-14(22)7-5-13/h4-9,12H,10H2,1-3H3,(H,24,28). The van der Waals surface area contributed by atoms with Gasteiger partial charge in [-0.2, -0.15) is 0 Å². The molecule has 1 aromatic heterocycles. The topological polar surface area (TPSA) is 104 Å². The van der Waals surface area contributed by atoms with Crippen LogP contribution < -0.4 is 10.1 Å². The first-order valence-electron chi connectivity index (χ1n) is 9.33. The third-order valence-corrected chi connectivity index (χ3v) is 5.68. The third-order valence-electron chi connectivity index (χ3n) is 4.23. The Kier molecular flexibility index (Phi) is 8.00. The lowest BCUT2D eigenvalue weighted by Gasteiger charge is -2.16. The highest BCUT2D eigenvalue weighted by Crippen LogP contribution is 2.31. The summed E-state index contributed by atoms with van der Waals surface area (Å²) < 4.78 is 15.9. The van der Waals surface area contributed by atoms with Crippen LogP contribution in [0.3, 0.4) is 0 Å². The molecule has 0 aliphatic heterocycles. The van der Waals surface area contributed by atoms with Crippen molar-refractivity contribution in [1.82, 2.24) is 10.2 Å². The molecule has 0 spiro atoms. The van der Waals surface area contributed by atoms with Crippen LogP contribution in [0.15, 0.2) is 46.0 Å².